The first-order valence-corrected chi connectivity index (χ1v) is 10.4. The number of carbonyl (C=O) groups excluding carboxylic acids is 2. The zero-order chi connectivity index (χ0) is 22.9. The number of ether oxygens (including phenoxy) is 3. The molecule has 1 amide bonds. The van der Waals surface area contributed by atoms with Crippen molar-refractivity contribution in [2.45, 2.75) is 31.5 Å². The first-order valence-electron chi connectivity index (χ1n) is 10.4. The summed E-state index contributed by atoms with van der Waals surface area (Å²) in [6.45, 7) is 0.464. The van der Waals surface area contributed by atoms with Gasteiger partial charge in [0.2, 0.25) is 6.29 Å². The molecule has 1 aliphatic heterocycles. The summed E-state index contributed by atoms with van der Waals surface area (Å²) in [7, 11) is 1.33. The molecule has 0 saturated carbocycles. The number of aromatic hydroxyl groups is 1. The number of methoxy groups -OCH3 is 1. The summed E-state index contributed by atoms with van der Waals surface area (Å²) in [5.74, 6) is -1.10. The fraction of sp³-hybridized carbons (Fsp3) is 0.333. The number of aliphatic hydroxyl groups is 1. The second-order valence-electron chi connectivity index (χ2n) is 7.31. The molecule has 0 aromatic heterocycles. The quantitative estimate of drug-likeness (QED) is 0.311. The Morgan fingerprint density at radius 2 is 1.88 bits per heavy atom. The van der Waals surface area contributed by atoms with E-state index in [0.29, 0.717) is 31.4 Å². The molecule has 8 nitrogen and oxygen atoms in total. The van der Waals surface area contributed by atoms with Crippen molar-refractivity contribution in [3.63, 3.8) is 0 Å². The van der Waals surface area contributed by atoms with Gasteiger partial charge in [0.1, 0.15) is 5.75 Å². The molecule has 32 heavy (non-hydrogen) atoms. The summed E-state index contributed by atoms with van der Waals surface area (Å²) in [4.78, 5) is 24.5. The molecule has 0 unspecified atom stereocenters. The molecule has 0 spiro atoms. The number of phenols is 1. The third-order valence-corrected chi connectivity index (χ3v) is 5.05. The van der Waals surface area contributed by atoms with E-state index in [1.165, 1.54) is 13.2 Å². The maximum absolute atomic E-state index is 12.8. The number of unbranched alkanes of at least 4 members (excludes halogenated alkanes) is 1. The van der Waals surface area contributed by atoms with E-state index in [1.54, 1.807) is 48.5 Å². The van der Waals surface area contributed by atoms with Gasteiger partial charge < -0.3 is 29.7 Å². The summed E-state index contributed by atoms with van der Waals surface area (Å²) in [6, 6.07) is 13.4. The molecule has 0 fully saturated rings. The van der Waals surface area contributed by atoms with Gasteiger partial charge in [-0.05, 0) is 48.7 Å². The third kappa shape index (κ3) is 6.09. The van der Waals surface area contributed by atoms with Gasteiger partial charge in [0.15, 0.2) is 5.76 Å². The van der Waals surface area contributed by atoms with Gasteiger partial charge in [-0.25, -0.2) is 4.79 Å². The smallest absolute Gasteiger partial charge is 0.337 e. The minimum Gasteiger partial charge on any atom is -0.506 e. The van der Waals surface area contributed by atoms with Crippen molar-refractivity contribution in [1.29, 1.82) is 0 Å². The number of phenolic OH excluding ortho intramolecular Hbond substituents is 1. The monoisotopic (exact) mass is 441 g/mol. The lowest BCUT2D eigenvalue weighted by atomic mass is 9.92. The highest BCUT2D eigenvalue weighted by molar-refractivity contribution is 6.03. The van der Waals surface area contributed by atoms with Crippen molar-refractivity contribution < 1.29 is 34.0 Å². The molecule has 2 atom stereocenters. The number of hydrogen-bond acceptors (Lipinski definition) is 7. The van der Waals surface area contributed by atoms with Crippen LogP contribution in [0.2, 0.25) is 0 Å². The maximum Gasteiger partial charge on any atom is 0.337 e. The molecule has 1 aliphatic rings. The van der Waals surface area contributed by atoms with Crippen molar-refractivity contribution in [3.8, 4) is 5.75 Å². The molecule has 2 aromatic carbocycles. The highest BCUT2D eigenvalue weighted by Crippen LogP contribution is 2.33. The number of amides is 1. The minimum atomic E-state index is -0.658. The lowest BCUT2D eigenvalue weighted by molar-refractivity contribution is -0.143. The van der Waals surface area contributed by atoms with Crippen molar-refractivity contribution in [1.82, 2.24) is 0 Å². The number of allylic oxidation sites excluding steroid dienone is 1. The normalized spacial score (nSPS) is 17.8. The van der Waals surface area contributed by atoms with Crippen LogP contribution in [0.5, 0.6) is 5.75 Å². The standard InChI is InChI=1S/C24H27NO7/c1-30-24(29)17-10-8-16(9-11-17)18-14-21(32-22(15-18)31-13-5-4-12-26)23(28)25-19-6-2-3-7-20(19)27/h2-3,6-11,14,18,22,26-27H,4-5,12-13,15H2,1H3,(H,25,28)/t18-,22+/m1/s1. The molecule has 3 N–H and O–H groups in total. The van der Waals surface area contributed by atoms with Gasteiger partial charge in [0.25, 0.3) is 5.91 Å². The fourth-order valence-corrected chi connectivity index (χ4v) is 3.33. The zero-order valence-corrected chi connectivity index (χ0v) is 17.8. The summed E-state index contributed by atoms with van der Waals surface area (Å²) >= 11 is 0. The number of rotatable bonds is 9. The SMILES string of the molecule is COC(=O)c1ccc([C@@H]2C=C(C(=O)Nc3ccccc3O)O[C@H](OCCCCO)C2)cc1. The Kier molecular flexibility index (Phi) is 8.24. The second kappa shape index (κ2) is 11.3. The summed E-state index contributed by atoms with van der Waals surface area (Å²) in [5, 5.41) is 21.5. The lowest BCUT2D eigenvalue weighted by Crippen LogP contribution is -2.29. The summed E-state index contributed by atoms with van der Waals surface area (Å²) in [6.07, 6.45) is 2.80. The van der Waals surface area contributed by atoms with Gasteiger partial charge in [0.05, 0.1) is 25.0 Å². The van der Waals surface area contributed by atoms with Crippen LogP contribution in [0.4, 0.5) is 5.69 Å². The highest BCUT2D eigenvalue weighted by Gasteiger charge is 2.29. The van der Waals surface area contributed by atoms with Gasteiger partial charge in [-0.1, -0.05) is 24.3 Å². The molecule has 3 rings (SSSR count). The van der Waals surface area contributed by atoms with E-state index in [4.69, 9.17) is 19.3 Å². The van der Waals surface area contributed by atoms with E-state index in [0.717, 1.165) is 5.56 Å². The Labute approximate surface area is 186 Å². The first kappa shape index (κ1) is 23.3. The van der Waals surface area contributed by atoms with Crippen LogP contribution in [0.15, 0.2) is 60.4 Å². The number of anilines is 1. The van der Waals surface area contributed by atoms with Crippen LogP contribution in [0.1, 0.15) is 41.1 Å². The van der Waals surface area contributed by atoms with Crippen LogP contribution in [0.3, 0.4) is 0 Å². The van der Waals surface area contributed by atoms with E-state index in [2.05, 4.69) is 5.32 Å². The molecule has 170 valence electrons. The largest absolute Gasteiger partial charge is 0.506 e. The van der Waals surface area contributed by atoms with Gasteiger partial charge in [0, 0.05) is 18.9 Å². The second-order valence-corrected chi connectivity index (χ2v) is 7.31. The van der Waals surface area contributed by atoms with Crippen molar-refractivity contribution in [2.75, 3.05) is 25.6 Å². The Morgan fingerprint density at radius 1 is 1.12 bits per heavy atom. The summed E-state index contributed by atoms with van der Waals surface area (Å²) in [5.41, 5.74) is 1.59. The predicted molar refractivity (Wildman–Crippen MR) is 117 cm³/mol. The van der Waals surface area contributed by atoms with E-state index >= 15 is 0 Å². The van der Waals surface area contributed by atoms with Gasteiger partial charge in [-0.15, -0.1) is 0 Å². The number of nitrogens with one attached hydrogen (secondary N) is 1. The average Bonchev–Trinajstić information content (AvgIpc) is 2.82. The molecule has 8 heteroatoms. The van der Waals surface area contributed by atoms with E-state index in [1.807, 2.05) is 0 Å². The van der Waals surface area contributed by atoms with Crippen LogP contribution >= 0.6 is 0 Å². The minimum absolute atomic E-state index is 0.0518. The third-order valence-electron chi connectivity index (χ3n) is 5.05. The Morgan fingerprint density at radius 3 is 2.56 bits per heavy atom. The number of esters is 1. The number of hydrogen-bond donors (Lipinski definition) is 3. The van der Waals surface area contributed by atoms with Gasteiger partial charge in [-0.2, -0.15) is 0 Å². The number of aliphatic hydroxyl groups excluding tert-OH is 1. The molecule has 0 radical (unpaired) electrons. The Balaban J connectivity index is 1.79. The molecule has 2 aromatic rings. The van der Waals surface area contributed by atoms with E-state index in [9.17, 15) is 14.7 Å². The average molecular weight is 441 g/mol. The lowest BCUT2D eigenvalue weighted by Gasteiger charge is -2.29. The van der Waals surface area contributed by atoms with Crippen molar-refractivity contribution >= 4 is 17.6 Å². The fourth-order valence-electron chi connectivity index (χ4n) is 3.33. The van der Waals surface area contributed by atoms with Crippen molar-refractivity contribution in [3.05, 3.63) is 71.5 Å². The van der Waals surface area contributed by atoms with E-state index in [-0.39, 0.29) is 29.7 Å². The van der Waals surface area contributed by atoms with Gasteiger partial charge in [-0.3, -0.25) is 4.79 Å². The summed E-state index contributed by atoms with van der Waals surface area (Å²) < 4.78 is 16.3. The first-order chi connectivity index (χ1) is 15.5. The number of carbonyl (C=O) groups is 2. The van der Waals surface area contributed by atoms with Crippen LogP contribution in [0, 0.1) is 0 Å². The molecular formula is C24H27NO7. The number of para-hydroxylation sites is 2. The van der Waals surface area contributed by atoms with Crippen molar-refractivity contribution in [2.24, 2.45) is 0 Å². The topological polar surface area (TPSA) is 114 Å². The van der Waals surface area contributed by atoms with Crippen LogP contribution < -0.4 is 5.32 Å². The van der Waals surface area contributed by atoms with Crippen LogP contribution in [0.25, 0.3) is 0 Å². The Bertz CT molecular complexity index is 955. The highest BCUT2D eigenvalue weighted by atomic mass is 16.7. The molecule has 0 saturated heterocycles. The van der Waals surface area contributed by atoms with Crippen LogP contribution in [-0.4, -0.2) is 48.7 Å². The Hall–Kier alpha value is -3.36. The van der Waals surface area contributed by atoms with E-state index < -0.39 is 18.2 Å². The number of benzene rings is 2. The molecule has 0 aliphatic carbocycles. The molecule has 0 bridgehead atoms. The predicted octanol–water partition coefficient (Wildman–Crippen LogP) is 3.32. The van der Waals surface area contributed by atoms with Crippen LogP contribution in [-0.2, 0) is 19.0 Å². The molecule has 1 heterocycles. The zero-order valence-electron chi connectivity index (χ0n) is 17.8. The molecular weight excluding hydrogens is 414 g/mol. The maximum atomic E-state index is 12.8. The van der Waals surface area contributed by atoms with Gasteiger partial charge >= 0.3 is 5.97 Å².